The minimum Gasteiger partial charge on any atom is -0.503 e. The quantitative estimate of drug-likeness (QED) is 0.697. The van der Waals surface area contributed by atoms with Crippen LogP contribution in [0.2, 0.25) is 0 Å². The van der Waals surface area contributed by atoms with Gasteiger partial charge in [0.05, 0.1) is 15.2 Å². The van der Waals surface area contributed by atoms with Crippen molar-refractivity contribution in [3.05, 3.63) is 26.4 Å². The van der Waals surface area contributed by atoms with E-state index >= 15 is 0 Å². The molecule has 0 atom stereocenters. The number of hydrogen-bond acceptors (Lipinski definition) is 5. The van der Waals surface area contributed by atoms with E-state index in [2.05, 4.69) is 53.8 Å². The summed E-state index contributed by atoms with van der Waals surface area (Å²) in [6.07, 6.45) is 1.76. The highest BCUT2D eigenvalue weighted by atomic mass is 127. The molecule has 1 heterocycles. The fraction of sp³-hybridized carbons (Fsp3) is 0.231. The number of nitrogens with one attached hydrogen (secondary N) is 1. The second kappa shape index (κ2) is 6.57. The van der Waals surface area contributed by atoms with Gasteiger partial charge in [-0.1, -0.05) is 0 Å². The number of rotatable bonds is 4. The SMILES string of the molecule is CCNc1nc(-c2cc(Br)c(O)c(OC)c2)ncc1I. The molecule has 0 radical (unpaired) electrons. The van der Waals surface area contributed by atoms with Crippen molar-refractivity contribution in [1.29, 1.82) is 0 Å². The molecule has 0 saturated heterocycles. The molecule has 2 N–H and O–H groups in total. The number of aromatic hydroxyl groups is 1. The van der Waals surface area contributed by atoms with E-state index in [0.717, 1.165) is 21.5 Å². The second-order valence-corrected chi connectivity index (χ2v) is 5.95. The Labute approximate surface area is 139 Å². The van der Waals surface area contributed by atoms with Gasteiger partial charge in [0.1, 0.15) is 5.82 Å². The van der Waals surface area contributed by atoms with Crippen LogP contribution in [-0.4, -0.2) is 28.7 Å². The maximum atomic E-state index is 9.83. The van der Waals surface area contributed by atoms with Gasteiger partial charge in [0, 0.05) is 18.3 Å². The van der Waals surface area contributed by atoms with Crippen molar-refractivity contribution in [2.45, 2.75) is 6.92 Å². The van der Waals surface area contributed by atoms with Crippen molar-refractivity contribution in [2.75, 3.05) is 19.0 Å². The van der Waals surface area contributed by atoms with E-state index in [4.69, 9.17) is 4.74 Å². The molecular formula is C13H13BrIN3O2. The minimum atomic E-state index is 0.0636. The first-order chi connectivity index (χ1) is 9.56. The van der Waals surface area contributed by atoms with E-state index in [1.165, 1.54) is 7.11 Å². The lowest BCUT2D eigenvalue weighted by atomic mass is 10.2. The summed E-state index contributed by atoms with van der Waals surface area (Å²) < 4.78 is 6.63. The molecule has 106 valence electrons. The fourth-order valence-corrected chi connectivity index (χ4v) is 2.55. The molecule has 7 heteroatoms. The third kappa shape index (κ3) is 3.14. The molecule has 0 aliphatic rings. The molecule has 0 saturated carbocycles. The molecule has 0 spiro atoms. The number of halogens is 2. The summed E-state index contributed by atoms with van der Waals surface area (Å²) in [6.45, 7) is 2.80. The Morgan fingerprint density at radius 3 is 2.85 bits per heavy atom. The van der Waals surface area contributed by atoms with Gasteiger partial charge in [-0.05, 0) is 57.6 Å². The van der Waals surface area contributed by atoms with Gasteiger partial charge in [0.2, 0.25) is 0 Å². The Morgan fingerprint density at radius 2 is 2.20 bits per heavy atom. The number of ether oxygens (including phenoxy) is 1. The Kier molecular flexibility index (Phi) is 5.03. The third-order valence-electron chi connectivity index (χ3n) is 2.59. The van der Waals surface area contributed by atoms with Crippen LogP contribution < -0.4 is 10.1 Å². The van der Waals surface area contributed by atoms with Gasteiger partial charge in [-0.15, -0.1) is 0 Å². The van der Waals surface area contributed by atoms with Gasteiger partial charge in [-0.3, -0.25) is 0 Å². The number of aromatic nitrogens is 2. The predicted octanol–water partition coefficient (Wildman–Crippen LogP) is 3.66. The molecule has 0 amide bonds. The van der Waals surface area contributed by atoms with E-state index in [1.807, 2.05) is 6.92 Å². The van der Waals surface area contributed by atoms with Gasteiger partial charge < -0.3 is 15.2 Å². The number of hydrogen-bond donors (Lipinski definition) is 2. The maximum Gasteiger partial charge on any atom is 0.172 e. The lowest BCUT2D eigenvalue weighted by molar-refractivity contribution is 0.372. The molecule has 0 bridgehead atoms. The van der Waals surface area contributed by atoms with E-state index < -0.39 is 0 Å². The third-order valence-corrected chi connectivity index (χ3v) is 3.99. The average Bonchev–Trinajstić information content (AvgIpc) is 2.44. The zero-order chi connectivity index (χ0) is 14.7. The van der Waals surface area contributed by atoms with Crippen LogP contribution in [0.15, 0.2) is 22.8 Å². The highest BCUT2D eigenvalue weighted by molar-refractivity contribution is 14.1. The average molecular weight is 450 g/mol. The van der Waals surface area contributed by atoms with Crippen LogP contribution in [0.3, 0.4) is 0 Å². The Morgan fingerprint density at radius 1 is 1.45 bits per heavy atom. The van der Waals surface area contributed by atoms with Crippen LogP contribution in [-0.2, 0) is 0 Å². The smallest absolute Gasteiger partial charge is 0.172 e. The molecule has 20 heavy (non-hydrogen) atoms. The van der Waals surface area contributed by atoms with Gasteiger partial charge in [-0.2, -0.15) is 0 Å². The summed E-state index contributed by atoms with van der Waals surface area (Å²) in [5.74, 6) is 1.80. The summed E-state index contributed by atoms with van der Waals surface area (Å²) in [7, 11) is 1.50. The normalized spacial score (nSPS) is 10.4. The highest BCUT2D eigenvalue weighted by Crippen LogP contribution is 2.38. The van der Waals surface area contributed by atoms with Crippen molar-refractivity contribution >= 4 is 44.3 Å². The van der Waals surface area contributed by atoms with E-state index in [-0.39, 0.29) is 5.75 Å². The predicted molar refractivity (Wildman–Crippen MR) is 90.3 cm³/mol. The molecule has 2 aromatic rings. The topological polar surface area (TPSA) is 67.3 Å². The molecular weight excluding hydrogens is 437 g/mol. The van der Waals surface area contributed by atoms with Crippen molar-refractivity contribution < 1.29 is 9.84 Å². The lowest BCUT2D eigenvalue weighted by Gasteiger charge is -2.10. The number of anilines is 1. The minimum absolute atomic E-state index is 0.0636. The largest absolute Gasteiger partial charge is 0.503 e. The van der Waals surface area contributed by atoms with E-state index in [0.29, 0.717) is 16.0 Å². The van der Waals surface area contributed by atoms with Gasteiger partial charge in [-0.25, -0.2) is 9.97 Å². The number of phenols is 1. The number of nitrogens with zero attached hydrogens (tertiary/aromatic N) is 2. The number of methoxy groups -OCH3 is 1. The van der Waals surface area contributed by atoms with Crippen LogP contribution in [0.25, 0.3) is 11.4 Å². The number of benzene rings is 1. The monoisotopic (exact) mass is 449 g/mol. The summed E-state index contributed by atoms with van der Waals surface area (Å²) in [5, 5.41) is 13.0. The zero-order valence-corrected chi connectivity index (χ0v) is 14.7. The van der Waals surface area contributed by atoms with Crippen molar-refractivity contribution in [3.8, 4) is 22.9 Å². The molecule has 0 aliphatic heterocycles. The Balaban J connectivity index is 2.51. The summed E-state index contributed by atoms with van der Waals surface area (Å²) >= 11 is 5.48. The van der Waals surface area contributed by atoms with Crippen LogP contribution in [0.1, 0.15) is 6.92 Å². The summed E-state index contributed by atoms with van der Waals surface area (Å²) in [5.41, 5.74) is 0.766. The first kappa shape index (κ1) is 15.3. The van der Waals surface area contributed by atoms with Gasteiger partial charge in [0.15, 0.2) is 17.3 Å². The standard InChI is InChI=1S/C13H13BrIN3O2/c1-3-16-13-9(15)6-17-12(18-13)7-4-8(14)11(19)10(5-7)20-2/h4-6,19H,3H2,1-2H3,(H,16,17,18). The van der Waals surface area contributed by atoms with Crippen LogP contribution >= 0.6 is 38.5 Å². The molecule has 2 rings (SSSR count). The first-order valence-corrected chi connectivity index (χ1v) is 7.77. The molecule has 0 unspecified atom stereocenters. The lowest BCUT2D eigenvalue weighted by Crippen LogP contribution is -2.03. The Bertz CT molecular complexity index is 637. The van der Waals surface area contributed by atoms with Gasteiger partial charge in [0.25, 0.3) is 0 Å². The highest BCUT2D eigenvalue weighted by Gasteiger charge is 2.13. The van der Waals surface area contributed by atoms with Crippen LogP contribution in [0, 0.1) is 3.57 Å². The summed E-state index contributed by atoms with van der Waals surface area (Å²) in [6, 6.07) is 3.47. The van der Waals surface area contributed by atoms with Crippen molar-refractivity contribution in [2.24, 2.45) is 0 Å². The van der Waals surface area contributed by atoms with E-state index in [1.54, 1.807) is 18.3 Å². The van der Waals surface area contributed by atoms with Crippen LogP contribution in [0.5, 0.6) is 11.5 Å². The number of phenolic OH excluding ortho intramolecular Hbond substituents is 1. The molecule has 1 aromatic heterocycles. The molecule has 0 aliphatic carbocycles. The Hall–Kier alpha value is -1.09. The first-order valence-electron chi connectivity index (χ1n) is 5.90. The molecule has 1 aromatic carbocycles. The van der Waals surface area contributed by atoms with Crippen molar-refractivity contribution in [3.63, 3.8) is 0 Å². The maximum absolute atomic E-state index is 9.83. The van der Waals surface area contributed by atoms with Gasteiger partial charge >= 0.3 is 0 Å². The van der Waals surface area contributed by atoms with E-state index in [9.17, 15) is 5.11 Å². The van der Waals surface area contributed by atoms with Crippen LogP contribution in [0.4, 0.5) is 5.82 Å². The second-order valence-electron chi connectivity index (χ2n) is 3.93. The zero-order valence-electron chi connectivity index (χ0n) is 10.9. The molecule has 5 nitrogen and oxygen atoms in total. The van der Waals surface area contributed by atoms with Crippen molar-refractivity contribution in [1.82, 2.24) is 9.97 Å². The molecule has 0 fully saturated rings. The fourth-order valence-electron chi connectivity index (χ4n) is 1.66. The summed E-state index contributed by atoms with van der Waals surface area (Å²) in [4.78, 5) is 8.81.